The summed E-state index contributed by atoms with van der Waals surface area (Å²) in [6.45, 7) is 3.67. The molecule has 0 spiro atoms. The monoisotopic (exact) mass is 1570 g/mol. The van der Waals surface area contributed by atoms with Crippen molar-refractivity contribution in [2.45, 2.75) is 78.9 Å². The smallest absolute Gasteiger partial charge is 0.478 e. The highest BCUT2D eigenvalue weighted by molar-refractivity contribution is 8.77. The number of carboxylic acids is 1. The molecule has 3 heterocycles. The molecule has 4 amide bonds. The van der Waals surface area contributed by atoms with Gasteiger partial charge in [-0.1, -0.05) is 38.5 Å². The van der Waals surface area contributed by atoms with Gasteiger partial charge < -0.3 is 90.3 Å². The molecule has 2 aliphatic heterocycles. The van der Waals surface area contributed by atoms with Gasteiger partial charge in [0.1, 0.15) is 30.8 Å². The summed E-state index contributed by atoms with van der Waals surface area (Å²) in [4.78, 5) is 105. The van der Waals surface area contributed by atoms with Gasteiger partial charge in [-0.25, -0.2) is 32.9 Å². The number of amides is 4. The van der Waals surface area contributed by atoms with Gasteiger partial charge in [-0.05, 0) is 93.1 Å². The first-order chi connectivity index (χ1) is 48.0. The number of nitrogen functional groups attached to an aromatic ring is 2. The number of hydrogen-bond donors (Lipinski definition) is 14. The van der Waals surface area contributed by atoms with E-state index in [1.165, 1.54) is 35.2 Å². The first-order valence-corrected chi connectivity index (χ1v) is 39.2. The Kier molecular flexibility index (Phi) is 31.1. The molecule has 49 heteroatoms. The number of urea groups is 1. The zero-order valence-corrected chi connectivity index (χ0v) is 59.5. The second-order valence-electron chi connectivity index (χ2n) is 21.5. The van der Waals surface area contributed by atoms with E-state index < -0.39 is 143 Å². The fourth-order valence-corrected chi connectivity index (χ4v) is 16.1. The minimum Gasteiger partial charge on any atom is -0.478 e. The lowest BCUT2D eigenvalue weighted by molar-refractivity contribution is -0.0601. The van der Waals surface area contributed by atoms with Crippen LogP contribution in [0.25, 0.3) is 43.9 Å². The van der Waals surface area contributed by atoms with Crippen molar-refractivity contribution in [1.29, 1.82) is 5.41 Å². The van der Waals surface area contributed by atoms with Gasteiger partial charge in [-0.2, -0.15) is 40.6 Å². The molecule has 2 aromatic carbocycles. The molecule has 5 atom stereocenters. The molecule has 1 fully saturated rings. The number of phosphoric ester groups is 1. The van der Waals surface area contributed by atoms with Gasteiger partial charge in [0.2, 0.25) is 0 Å². The highest BCUT2D eigenvalue weighted by Gasteiger charge is 2.44. The molecular weight excluding hydrogens is 1500 g/mol. The average molecular weight is 1570 g/mol. The molecule has 3 aromatic rings. The number of carboxylic acid groups (broad SMARTS) is 1. The molecule has 2 unspecified atom stereocenters. The number of rotatable bonds is 40. The number of unbranched alkanes of at least 4 members (excludes halogenated alkanes) is 2. The Balaban J connectivity index is 0.807. The highest BCUT2D eigenvalue weighted by Crippen LogP contribution is 2.66. The summed E-state index contributed by atoms with van der Waals surface area (Å²) >= 11 is 0. The van der Waals surface area contributed by atoms with Crippen LogP contribution in [0.1, 0.15) is 78.5 Å². The maximum Gasteiger partial charge on any atom is 0.490 e. The minimum absolute atomic E-state index is 0.00227. The summed E-state index contributed by atoms with van der Waals surface area (Å²) in [5.74, 6) is 7.54. The number of carbonyl (C=O) groups excluding carboxylic acids is 3. The Hall–Kier alpha value is -7.35. The predicted molar refractivity (Wildman–Crippen MR) is 358 cm³/mol. The van der Waals surface area contributed by atoms with E-state index in [9.17, 15) is 73.9 Å². The van der Waals surface area contributed by atoms with Gasteiger partial charge in [0, 0.05) is 70.6 Å². The molecule has 0 saturated carbocycles. The fraction of sp³-hybridized carbons (Fsp3) is 0.453. The molecule has 0 radical (unpaired) electrons. The van der Waals surface area contributed by atoms with Gasteiger partial charge in [0.15, 0.2) is 21.1 Å². The summed E-state index contributed by atoms with van der Waals surface area (Å²) in [6.07, 6.45) is -0.793. The van der Waals surface area contributed by atoms with Crippen molar-refractivity contribution in [3.8, 4) is 34.3 Å². The maximum absolute atomic E-state index is 13.4. The van der Waals surface area contributed by atoms with Crippen LogP contribution in [0.5, 0.6) is 0 Å². The number of phosphoric acid groups is 3. The first kappa shape index (κ1) is 83.6. The van der Waals surface area contributed by atoms with Crippen LogP contribution in [-0.4, -0.2) is 182 Å². The Morgan fingerprint density at radius 1 is 0.882 bits per heavy atom. The zero-order chi connectivity index (χ0) is 75.2. The highest BCUT2D eigenvalue weighted by atomic mass is 33.1. The van der Waals surface area contributed by atoms with Crippen molar-refractivity contribution < 1.29 is 129 Å². The van der Waals surface area contributed by atoms with Crippen LogP contribution in [0.3, 0.4) is 0 Å². The second kappa shape index (κ2) is 37.9. The van der Waals surface area contributed by atoms with E-state index in [-0.39, 0.29) is 103 Å². The topological polar surface area (TPSA) is 648 Å². The quantitative estimate of drug-likeness (QED) is 0.00216. The van der Waals surface area contributed by atoms with Crippen molar-refractivity contribution in [3.05, 3.63) is 91.6 Å². The maximum atomic E-state index is 13.4. The number of hydrogen-bond acceptors (Lipinski definition) is 31. The number of nitrogens with one attached hydrogen (secondary N) is 5. The zero-order valence-electron chi connectivity index (χ0n) is 53.6. The van der Waals surface area contributed by atoms with Gasteiger partial charge >= 0.3 is 57.4 Å². The molecule has 17 N–H and O–H groups in total. The molecule has 3 aliphatic rings. The number of carbonyl (C=O) groups is 4. The van der Waals surface area contributed by atoms with Crippen molar-refractivity contribution >= 4 is 112 Å². The summed E-state index contributed by atoms with van der Waals surface area (Å²) in [5, 5.41) is 31.3. The van der Waals surface area contributed by atoms with E-state index in [1.54, 1.807) is 10.8 Å². The first-order valence-electron chi connectivity index (χ1n) is 29.5. The molecule has 6 rings (SSSR count). The van der Waals surface area contributed by atoms with Crippen LogP contribution in [0.4, 0.5) is 21.1 Å². The van der Waals surface area contributed by atoms with E-state index >= 15 is 0 Å². The lowest BCUT2D eigenvalue weighted by Gasteiger charge is -2.22. The molecular formula is C53H70N13O29P3S4. The largest absolute Gasteiger partial charge is 0.490 e. The SMILES string of the molecule is CC(C)(CCOC(=O)NCCOCCOCCNC(=O)c1ccc(C(=O)O)c(-c2c3ccc(=N)c(S(=O)(=O)O)c-3oc3c(S(=O)(=O)ON)c(N)ccc23)c1)SSCOCCCCCNC(=O)NCC#Cc1cn([C@H]2C[C@@H](OCN=[N+]=[N-])[C@@H](COP(=O)(O)OP(=O)(O)OP(=O)(O)O)O2)c(=O)nc1N. The predicted octanol–water partition coefficient (Wildman–Crippen LogP) is 3.75. The number of aromatic carboxylic acids is 1. The summed E-state index contributed by atoms with van der Waals surface area (Å²) < 4.78 is 152. The number of ether oxygens (including phenoxy) is 6. The molecule has 102 heavy (non-hydrogen) atoms. The number of nitrogens with two attached hydrogens (primary N) is 3. The van der Waals surface area contributed by atoms with Crippen LogP contribution < -0.4 is 49.7 Å². The Bertz CT molecular complexity index is 4460. The van der Waals surface area contributed by atoms with E-state index in [0.717, 1.165) is 41.7 Å². The van der Waals surface area contributed by atoms with E-state index in [1.807, 2.05) is 13.8 Å². The summed E-state index contributed by atoms with van der Waals surface area (Å²) in [7, 11) is -24.2. The van der Waals surface area contributed by atoms with Gasteiger partial charge in [0.05, 0.1) is 74.5 Å². The fourth-order valence-electron chi connectivity index (χ4n) is 9.20. The van der Waals surface area contributed by atoms with E-state index in [2.05, 4.69) is 65.5 Å². The lowest BCUT2D eigenvalue weighted by atomic mass is 9.89. The molecule has 1 saturated heterocycles. The van der Waals surface area contributed by atoms with E-state index in [0.29, 0.717) is 31.9 Å². The normalized spacial score (nSPS) is 16.1. The third kappa shape index (κ3) is 25.5. The van der Waals surface area contributed by atoms with Crippen LogP contribution in [-0.2, 0) is 79.8 Å². The number of azide groups is 1. The van der Waals surface area contributed by atoms with Crippen LogP contribution in [0, 0.1) is 17.3 Å². The van der Waals surface area contributed by atoms with Crippen molar-refractivity contribution in [2.75, 3.05) is 96.6 Å². The standard InChI is InChI=1S/C53H70N13O29P3S4/c1-53(2,100-99-30-87-19-5-3-4-15-60-50(70)61-16-6-7-32-27-66(51(71)64-47(32)56)41-26-39(89-29-63-65-57)40(91-41)28-90-97(76,77)95-98(78,79)94-96(73,74)75)14-20-88-52(72)62-18-22-86-24-23-85-21-17-59-48(67)31-8-9-33(49(68)69)36(25-31)42-34-10-12-37(54)45(101(80,81)82)43(34)92-44-35(42)11-13-38(55)46(44)102(83,84)93-58/h8-13,25,27,39-41,54H,3-5,14-24,26,28-30,55,58H2,1-2H3,(H,59,67)(H,62,72)(H,68,69)(H,76,77)(H,78,79)(H2,56,64,71)(H2,60,61,70)(H2,73,74,75)(H,80,81,82)/t39-,40-,41-/m1/s1. The second-order valence-corrected chi connectivity index (χ2v) is 31.8. The van der Waals surface area contributed by atoms with Crippen LogP contribution in [0.15, 0.2) is 72.8 Å². The molecule has 42 nitrogen and oxygen atoms in total. The van der Waals surface area contributed by atoms with Gasteiger partial charge in [-0.15, -0.1) is 0 Å². The Labute approximate surface area is 586 Å². The van der Waals surface area contributed by atoms with Crippen molar-refractivity contribution in [1.82, 2.24) is 30.8 Å². The Morgan fingerprint density at radius 2 is 1.60 bits per heavy atom. The minimum atomic E-state index is -5.84. The Morgan fingerprint density at radius 3 is 2.27 bits per heavy atom. The van der Waals surface area contributed by atoms with Gasteiger partial charge in [-0.3, -0.25) is 23.8 Å². The third-order valence-corrected chi connectivity index (χ3v) is 22.6. The summed E-state index contributed by atoms with van der Waals surface area (Å²) in [5.41, 5.74) is 17.3. The number of aromatic nitrogens is 2. The lowest BCUT2D eigenvalue weighted by Crippen LogP contribution is -2.36. The number of nitrogens with zero attached hydrogens (tertiary/aromatic N) is 5. The van der Waals surface area contributed by atoms with E-state index in [4.69, 9.17) is 70.9 Å². The van der Waals surface area contributed by atoms with Crippen molar-refractivity contribution in [2.24, 2.45) is 11.0 Å². The average Bonchev–Trinajstić information content (AvgIpc) is 0.843. The molecule has 560 valence electrons. The number of benzene rings is 3. The third-order valence-electron chi connectivity index (χ3n) is 13.7. The van der Waals surface area contributed by atoms with Crippen LogP contribution >= 0.6 is 45.1 Å². The number of fused-ring (bicyclic) bond motifs is 2. The molecule has 1 aliphatic carbocycles. The van der Waals surface area contributed by atoms with Crippen molar-refractivity contribution in [3.63, 3.8) is 0 Å². The number of alkyl carbamates (subject to hydrolysis) is 1. The summed E-state index contributed by atoms with van der Waals surface area (Å²) in [6, 6.07) is 7.43. The number of anilines is 2. The van der Waals surface area contributed by atoms with Gasteiger partial charge in [0.25, 0.3) is 16.0 Å². The molecule has 1 aromatic heterocycles. The van der Waals surface area contributed by atoms with Crippen LogP contribution in [0.2, 0.25) is 0 Å². The molecule has 0 bridgehead atoms.